The highest BCUT2D eigenvalue weighted by atomic mass is 16.3. The number of amides is 2. The first-order valence-electron chi connectivity index (χ1n) is 9.83. The smallest absolute Gasteiger partial charge is 0.259 e. The summed E-state index contributed by atoms with van der Waals surface area (Å²) >= 11 is 0. The molecule has 0 atom stereocenters. The predicted molar refractivity (Wildman–Crippen MR) is 120 cm³/mol. The normalized spacial score (nSPS) is 10.9. The number of anilines is 2. The molecule has 0 fully saturated rings. The average molecular weight is 428 g/mol. The van der Waals surface area contributed by atoms with Gasteiger partial charge in [-0.3, -0.25) is 9.59 Å². The fourth-order valence-electron chi connectivity index (χ4n) is 3.04. The molecule has 0 unspecified atom stereocenters. The van der Waals surface area contributed by atoms with Gasteiger partial charge >= 0.3 is 0 Å². The highest BCUT2D eigenvalue weighted by Gasteiger charge is 2.16. The minimum atomic E-state index is -0.360. The van der Waals surface area contributed by atoms with Crippen LogP contribution in [0, 0.1) is 13.8 Å². The van der Waals surface area contributed by atoms with Crippen molar-refractivity contribution in [2.75, 3.05) is 10.6 Å². The first kappa shape index (κ1) is 20.8. The monoisotopic (exact) mass is 428 g/mol. The minimum absolute atomic E-state index is 0.321. The van der Waals surface area contributed by atoms with Crippen LogP contribution in [0.5, 0.6) is 0 Å². The molecule has 0 spiro atoms. The van der Waals surface area contributed by atoms with E-state index in [1.54, 1.807) is 44.2 Å². The van der Waals surface area contributed by atoms with Crippen LogP contribution in [0.1, 0.15) is 32.2 Å². The summed E-state index contributed by atoms with van der Waals surface area (Å²) in [5, 5.41) is 14.1. The molecule has 2 aromatic heterocycles. The van der Waals surface area contributed by atoms with Crippen molar-refractivity contribution in [2.24, 2.45) is 10.2 Å². The zero-order valence-corrected chi connectivity index (χ0v) is 17.5. The van der Waals surface area contributed by atoms with Crippen LogP contribution in [0.3, 0.4) is 0 Å². The van der Waals surface area contributed by atoms with E-state index in [9.17, 15) is 9.59 Å². The maximum absolute atomic E-state index is 12.7. The fourth-order valence-corrected chi connectivity index (χ4v) is 3.04. The lowest BCUT2D eigenvalue weighted by molar-refractivity contribution is 0.101. The number of aryl methyl sites for hydroxylation is 2. The third-order valence-corrected chi connectivity index (χ3v) is 4.74. The van der Waals surface area contributed by atoms with Gasteiger partial charge in [0.1, 0.15) is 17.2 Å². The van der Waals surface area contributed by atoms with Gasteiger partial charge in [-0.1, -0.05) is 18.2 Å². The van der Waals surface area contributed by atoms with E-state index in [0.717, 1.165) is 0 Å². The summed E-state index contributed by atoms with van der Waals surface area (Å²) in [6, 6.07) is 17.4. The Kier molecular flexibility index (Phi) is 5.94. The van der Waals surface area contributed by atoms with Gasteiger partial charge in [-0.2, -0.15) is 5.11 Å². The Morgan fingerprint density at radius 2 is 1.38 bits per heavy atom. The van der Waals surface area contributed by atoms with Crippen molar-refractivity contribution in [2.45, 2.75) is 13.8 Å². The van der Waals surface area contributed by atoms with Crippen molar-refractivity contribution in [1.29, 1.82) is 0 Å². The Bertz CT molecular complexity index is 1290. The van der Waals surface area contributed by atoms with Crippen LogP contribution in [-0.4, -0.2) is 11.8 Å². The van der Waals surface area contributed by atoms with E-state index in [0.29, 0.717) is 45.4 Å². The SMILES string of the molecule is Cc1occc1C(=O)Nc1ccc(N=Nc2ccccc2)c(NC(=O)c2ccoc2C)c1. The van der Waals surface area contributed by atoms with Crippen LogP contribution < -0.4 is 10.6 Å². The number of azo groups is 1. The van der Waals surface area contributed by atoms with Crippen molar-refractivity contribution in [3.05, 3.63) is 95.8 Å². The molecule has 0 radical (unpaired) electrons. The molecule has 32 heavy (non-hydrogen) atoms. The molecule has 2 N–H and O–H groups in total. The second-order valence-corrected chi connectivity index (χ2v) is 6.96. The second-order valence-electron chi connectivity index (χ2n) is 6.96. The van der Waals surface area contributed by atoms with Crippen LogP contribution in [0.4, 0.5) is 22.7 Å². The highest BCUT2D eigenvalue weighted by molar-refractivity contribution is 6.08. The number of hydrogen-bond donors (Lipinski definition) is 2. The summed E-state index contributed by atoms with van der Waals surface area (Å²) in [6.07, 6.45) is 2.90. The predicted octanol–water partition coefficient (Wildman–Crippen LogP) is 6.41. The Hall–Kier alpha value is -4.46. The Labute approximate surface area is 184 Å². The lowest BCUT2D eigenvalue weighted by Gasteiger charge is -2.11. The van der Waals surface area contributed by atoms with Crippen molar-refractivity contribution in [1.82, 2.24) is 0 Å². The second kappa shape index (κ2) is 9.13. The molecule has 0 aliphatic heterocycles. The third kappa shape index (κ3) is 4.65. The summed E-state index contributed by atoms with van der Waals surface area (Å²) in [7, 11) is 0. The van der Waals surface area contributed by atoms with Crippen molar-refractivity contribution >= 4 is 34.6 Å². The molecule has 2 heterocycles. The van der Waals surface area contributed by atoms with Gasteiger partial charge < -0.3 is 19.5 Å². The topological polar surface area (TPSA) is 109 Å². The van der Waals surface area contributed by atoms with Gasteiger partial charge in [0.2, 0.25) is 0 Å². The van der Waals surface area contributed by atoms with Crippen LogP contribution in [0.2, 0.25) is 0 Å². The van der Waals surface area contributed by atoms with E-state index in [1.807, 2.05) is 30.3 Å². The third-order valence-electron chi connectivity index (χ3n) is 4.74. The minimum Gasteiger partial charge on any atom is -0.469 e. The lowest BCUT2D eigenvalue weighted by atomic mass is 10.2. The molecule has 2 amide bonds. The Balaban J connectivity index is 1.64. The van der Waals surface area contributed by atoms with Crippen molar-refractivity contribution < 1.29 is 18.4 Å². The molecule has 0 saturated heterocycles. The van der Waals surface area contributed by atoms with Crippen molar-refractivity contribution in [3.63, 3.8) is 0 Å². The molecule has 0 saturated carbocycles. The van der Waals surface area contributed by atoms with Crippen LogP contribution in [0.15, 0.2) is 92.3 Å². The van der Waals surface area contributed by atoms with Crippen LogP contribution in [-0.2, 0) is 0 Å². The lowest BCUT2D eigenvalue weighted by Crippen LogP contribution is -2.14. The van der Waals surface area contributed by atoms with Gasteiger partial charge in [-0.05, 0) is 56.3 Å². The van der Waals surface area contributed by atoms with E-state index in [2.05, 4.69) is 20.9 Å². The van der Waals surface area contributed by atoms with Crippen LogP contribution in [0.25, 0.3) is 0 Å². The molecule has 4 rings (SSSR count). The summed E-state index contributed by atoms with van der Waals surface area (Å²) < 4.78 is 10.4. The molecular formula is C24H20N4O4. The number of benzene rings is 2. The Morgan fingerprint density at radius 1 is 0.750 bits per heavy atom. The van der Waals surface area contributed by atoms with E-state index in [-0.39, 0.29) is 11.8 Å². The molecule has 0 aliphatic carbocycles. The summed E-state index contributed by atoms with van der Waals surface area (Å²) in [6.45, 7) is 3.41. The van der Waals surface area contributed by atoms with Gasteiger partial charge in [0.25, 0.3) is 11.8 Å². The van der Waals surface area contributed by atoms with Gasteiger partial charge in [0.15, 0.2) is 0 Å². The Morgan fingerprint density at radius 3 is 1.97 bits per heavy atom. The number of rotatable bonds is 6. The molecule has 8 nitrogen and oxygen atoms in total. The summed E-state index contributed by atoms with van der Waals surface area (Å²) in [5.74, 6) is 0.328. The number of nitrogens with zero attached hydrogens (tertiary/aromatic N) is 2. The van der Waals surface area contributed by atoms with E-state index >= 15 is 0 Å². The van der Waals surface area contributed by atoms with Crippen LogP contribution >= 0.6 is 0 Å². The molecule has 0 bridgehead atoms. The number of carbonyl (C=O) groups is 2. The first-order chi connectivity index (χ1) is 15.5. The van der Waals surface area contributed by atoms with Gasteiger partial charge in [0, 0.05) is 5.69 Å². The van der Waals surface area contributed by atoms with E-state index < -0.39 is 0 Å². The maximum atomic E-state index is 12.7. The molecule has 8 heteroatoms. The summed E-state index contributed by atoms with van der Waals surface area (Å²) in [4.78, 5) is 25.3. The maximum Gasteiger partial charge on any atom is 0.259 e. The standard InChI is InChI=1S/C24H20N4O4/c1-15-19(10-12-31-15)23(29)25-18-8-9-21(28-27-17-6-4-3-5-7-17)22(14-18)26-24(30)20-11-13-32-16(20)2/h3-14H,1-2H3,(H,25,29)(H,26,30). The molecule has 4 aromatic rings. The fraction of sp³-hybridized carbons (Fsp3) is 0.0833. The first-order valence-corrected chi connectivity index (χ1v) is 9.83. The number of carbonyl (C=O) groups excluding carboxylic acids is 2. The van der Waals surface area contributed by atoms with Gasteiger partial charge in [0.05, 0.1) is 35.0 Å². The van der Waals surface area contributed by atoms with Crippen molar-refractivity contribution in [3.8, 4) is 0 Å². The van der Waals surface area contributed by atoms with E-state index in [1.165, 1.54) is 12.5 Å². The number of furan rings is 2. The van der Waals surface area contributed by atoms with Gasteiger partial charge in [-0.25, -0.2) is 0 Å². The van der Waals surface area contributed by atoms with Gasteiger partial charge in [-0.15, -0.1) is 5.11 Å². The molecular weight excluding hydrogens is 408 g/mol. The zero-order valence-electron chi connectivity index (χ0n) is 17.5. The number of nitrogens with one attached hydrogen (secondary N) is 2. The average Bonchev–Trinajstić information content (AvgIpc) is 3.42. The molecule has 160 valence electrons. The molecule has 0 aliphatic rings. The quantitative estimate of drug-likeness (QED) is 0.346. The molecule has 2 aromatic carbocycles. The zero-order chi connectivity index (χ0) is 22.5. The number of hydrogen-bond acceptors (Lipinski definition) is 6. The van der Waals surface area contributed by atoms with E-state index in [4.69, 9.17) is 8.83 Å². The summed E-state index contributed by atoms with van der Waals surface area (Å²) in [5.41, 5.74) is 2.80. The largest absolute Gasteiger partial charge is 0.469 e. The highest BCUT2D eigenvalue weighted by Crippen LogP contribution is 2.31.